The lowest BCUT2D eigenvalue weighted by atomic mass is 10.2. The molecule has 0 aliphatic carbocycles. The van der Waals surface area contributed by atoms with E-state index in [1.54, 1.807) is 17.0 Å². The van der Waals surface area contributed by atoms with Gasteiger partial charge in [-0.15, -0.1) is 11.8 Å². The monoisotopic (exact) mass is 299 g/mol. The molecule has 1 heterocycles. The van der Waals surface area contributed by atoms with Gasteiger partial charge in [0, 0.05) is 18.8 Å². The maximum Gasteiger partial charge on any atom is 0.232 e. The highest BCUT2D eigenvalue weighted by molar-refractivity contribution is 7.99. The third-order valence-electron chi connectivity index (χ3n) is 3.10. The number of benzene rings is 1. The van der Waals surface area contributed by atoms with Crippen LogP contribution in [0.15, 0.2) is 24.3 Å². The summed E-state index contributed by atoms with van der Waals surface area (Å²) >= 11 is 1.51. The number of thioether (sulfide) groups is 1. The van der Waals surface area contributed by atoms with Crippen molar-refractivity contribution in [3.8, 4) is 0 Å². The molecular weight excluding hydrogens is 281 g/mol. The molecule has 1 aliphatic heterocycles. The number of rotatable bonds is 5. The van der Waals surface area contributed by atoms with E-state index in [0.717, 1.165) is 5.56 Å². The van der Waals surface area contributed by atoms with Crippen LogP contribution in [0.25, 0.3) is 0 Å². The zero-order valence-corrected chi connectivity index (χ0v) is 11.9. The number of hydrogen-bond donors (Lipinski definition) is 1. The van der Waals surface area contributed by atoms with E-state index in [0.29, 0.717) is 31.2 Å². The van der Waals surface area contributed by atoms with Crippen LogP contribution in [0, 0.1) is 5.82 Å². The number of carbonyl (C=O) groups excluding carboxylic acids is 1. The number of hydrogen-bond acceptors (Lipinski definition) is 4. The number of carbonyl (C=O) groups is 1. The molecule has 20 heavy (non-hydrogen) atoms. The minimum atomic E-state index is -0.269. The van der Waals surface area contributed by atoms with Gasteiger partial charge in [-0.05, 0) is 17.7 Å². The fourth-order valence-corrected chi connectivity index (χ4v) is 2.87. The predicted molar refractivity (Wildman–Crippen MR) is 76.0 cm³/mol. The Hall–Kier alpha value is -1.11. The Labute approximate surface area is 121 Å². The van der Waals surface area contributed by atoms with E-state index in [2.05, 4.69) is 0 Å². The van der Waals surface area contributed by atoms with Crippen molar-refractivity contribution in [2.75, 3.05) is 32.1 Å². The highest BCUT2D eigenvalue weighted by Crippen LogP contribution is 2.14. The Morgan fingerprint density at radius 3 is 2.90 bits per heavy atom. The van der Waals surface area contributed by atoms with Crippen LogP contribution in [0.5, 0.6) is 0 Å². The number of aliphatic hydroxyl groups is 1. The summed E-state index contributed by atoms with van der Waals surface area (Å²) in [6, 6.07) is 6.30. The Bertz CT molecular complexity index is 441. The molecule has 1 aromatic rings. The van der Waals surface area contributed by atoms with Crippen molar-refractivity contribution in [3.63, 3.8) is 0 Å². The van der Waals surface area contributed by atoms with Crippen molar-refractivity contribution in [1.29, 1.82) is 0 Å². The summed E-state index contributed by atoms with van der Waals surface area (Å²) in [5, 5.41) is 9.04. The molecule has 0 aromatic heterocycles. The molecule has 1 fully saturated rings. The SMILES string of the molecule is O=C(CSCc1ccc(F)cc1)N1CCOC(CO)C1. The van der Waals surface area contributed by atoms with E-state index >= 15 is 0 Å². The van der Waals surface area contributed by atoms with Crippen LogP contribution in [0.4, 0.5) is 4.39 Å². The Balaban J connectivity index is 1.73. The Kier molecular flexibility index (Phi) is 5.82. The lowest BCUT2D eigenvalue weighted by molar-refractivity contribution is -0.137. The summed E-state index contributed by atoms with van der Waals surface area (Å²) in [5.74, 6) is 0.868. The van der Waals surface area contributed by atoms with Gasteiger partial charge in [-0.2, -0.15) is 0 Å². The zero-order chi connectivity index (χ0) is 14.4. The summed E-state index contributed by atoms with van der Waals surface area (Å²) in [4.78, 5) is 13.7. The van der Waals surface area contributed by atoms with Crippen molar-refractivity contribution in [3.05, 3.63) is 35.6 Å². The minimum Gasteiger partial charge on any atom is -0.394 e. The van der Waals surface area contributed by atoms with Gasteiger partial charge in [0.2, 0.25) is 5.91 Å². The maximum atomic E-state index is 12.8. The Morgan fingerprint density at radius 1 is 1.45 bits per heavy atom. The number of ether oxygens (including phenoxy) is 1. The second kappa shape index (κ2) is 7.61. The second-order valence-electron chi connectivity index (χ2n) is 4.63. The van der Waals surface area contributed by atoms with Gasteiger partial charge in [0.15, 0.2) is 0 Å². The quantitative estimate of drug-likeness (QED) is 0.890. The van der Waals surface area contributed by atoms with E-state index in [9.17, 15) is 9.18 Å². The lowest BCUT2D eigenvalue weighted by Gasteiger charge is -2.32. The van der Waals surface area contributed by atoms with Crippen LogP contribution >= 0.6 is 11.8 Å². The molecule has 0 saturated carbocycles. The van der Waals surface area contributed by atoms with Gasteiger partial charge in [-0.1, -0.05) is 12.1 Å². The standard InChI is InChI=1S/C14H18FNO3S/c15-12-3-1-11(2-4-12)9-20-10-14(18)16-5-6-19-13(7-16)8-17/h1-4,13,17H,5-10H2. The number of halogens is 1. The average Bonchev–Trinajstić information content (AvgIpc) is 2.49. The van der Waals surface area contributed by atoms with Crippen LogP contribution in [0.1, 0.15) is 5.56 Å². The van der Waals surface area contributed by atoms with E-state index in [1.807, 2.05) is 0 Å². The summed E-state index contributed by atoms with van der Waals surface area (Å²) in [5.41, 5.74) is 0.999. The van der Waals surface area contributed by atoms with Crippen molar-refractivity contribution in [1.82, 2.24) is 4.90 Å². The molecule has 1 N–H and O–H groups in total. The molecule has 4 nitrogen and oxygen atoms in total. The highest BCUT2D eigenvalue weighted by atomic mass is 32.2. The molecular formula is C14H18FNO3S. The largest absolute Gasteiger partial charge is 0.394 e. The first kappa shape index (κ1) is 15.3. The summed E-state index contributed by atoms with van der Waals surface area (Å²) in [6.45, 7) is 1.44. The van der Waals surface area contributed by atoms with Gasteiger partial charge in [-0.25, -0.2) is 4.39 Å². The third-order valence-corrected chi connectivity index (χ3v) is 4.09. The summed E-state index contributed by atoms with van der Waals surface area (Å²) < 4.78 is 18.1. The number of aliphatic hydroxyl groups excluding tert-OH is 1. The van der Waals surface area contributed by atoms with E-state index in [1.165, 1.54) is 23.9 Å². The van der Waals surface area contributed by atoms with Gasteiger partial charge in [0.25, 0.3) is 0 Å². The molecule has 1 aliphatic rings. The number of amides is 1. The maximum absolute atomic E-state index is 12.8. The van der Waals surface area contributed by atoms with Crippen molar-refractivity contribution in [2.24, 2.45) is 0 Å². The molecule has 1 saturated heterocycles. The van der Waals surface area contributed by atoms with Gasteiger partial charge in [0.1, 0.15) is 5.82 Å². The average molecular weight is 299 g/mol. The number of morpholine rings is 1. The first-order valence-electron chi connectivity index (χ1n) is 6.51. The zero-order valence-electron chi connectivity index (χ0n) is 11.1. The molecule has 1 atom stereocenters. The molecule has 1 amide bonds. The van der Waals surface area contributed by atoms with Gasteiger partial charge in [0.05, 0.1) is 25.1 Å². The molecule has 0 bridgehead atoms. The van der Waals surface area contributed by atoms with Crippen molar-refractivity contribution >= 4 is 17.7 Å². The van der Waals surface area contributed by atoms with Crippen LogP contribution in [-0.2, 0) is 15.3 Å². The first-order valence-corrected chi connectivity index (χ1v) is 7.67. The molecule has 0 spiro atoms. The number of nitrogens with zero attached hydrogens (tertiary/aromatic N) is 1. The third kappa shape index (κ3) is 4.47. The molecule has 0 radical (unpaired) electrons. The van der Waals surface area contributed by atoms with Gasteiger partial charge in [-0.3, -0.25) is 4.79 Å². The fraction of sp³-hybridized carbons (Fsp3) is 0.500. The van der Waals surface area contributed by atoms with Crippen LogP contribution in [0.3, 0.4) is 0 Å². The molecule has 1 aromatic carbocycles. The van der Waals surface area contributed by atoms with Crippen LogP contribution in [0.2, 0.25) is 0 Å². The molecule has 1 unspecified atom stereocenters. The van der Waals surface area contributed by atoms with E-state index in [4.69, 9.17) is 9.84 Å². The summed E-state index contributed by atoms with van der Waals surface area (Å²) in [7, 11) is 0. The topological polar surface area (TPSA) is 49.8 Å². The van der Waals surface area contributed by atoms with Crippen molar-refractivity contribution in [2.45, 2.75) is 11.9 Å². The lowest BCUT2D eigenvalue weighted by Crippen LogP contribution is -2.47. The van der Waals surface area contributed by atoms with E-state index < -0.39 is 0 Å². The van der Waals surface area contributed by atoms with Crippen molar-refractivity contribution < 1.29 is 19.0 Å². The van der Waals surface area contributed by atoms with Gasteiger partial charge >= 0.3 is 0 Å². The fourth-order valence-electron chi connectivity index (χ4n) is 1.98. The molecule has 110 valence electrons. The van der Waals surface area contributed by atoms with Crippen LogP contribution < -0.4 is 0 Å². The summed E-state index contributed by atoms with van der Waals surface area (Å²) in [6.07, 6.45) is -0.269. The Morgan fingerprint density at radius 2 is 2.20 bits per heavy atom. The second-order valence-corrected chi connectivity index (χ2v) is 5.62. The molecule has 2 rings (SSSR count). The van der Waals surface area contributed by atoms with Crippen LogP contribution in [-0.4, -0.2) is 54.1 Å². The normalized spacial score (nSPS) is 19.1. The van der Waals surface area contributed by atoms with Gasteiger partial charge < -0.3 is 14.7 Å². The minimum absolute atomic E-state index is 0.0545. The van der Waals surface area contributed by atoms with E-state index in [-0.39, 0.29) is 24.4 Å². The highest BCUT2D eigenvalue weighted by Gasteiger charge is 2.23. The first-order chi connectivity index (χ1) is 9.69. The predicted octanol–water partition coefficient (Wildman–Crippen LogP) is 1.28. The smallest absolute Gasteiger partial charge is 0.232 e. The molecule has 6 heteroatoms.